The molecule has 1 heterocycles. The Balaban J connectivity index is 1.99. The molecule has 0 aliphatic heterocycles. The Hall–Kier alpha value is -2.76. The lowest BCUT2D eigenvalue weighted by Gasteiger charge is -2.11. The van der Waals surface area contributed by atoms with Crippen molar-refractivity contribution >= 4 is 17.4 Å². The van der Waals surface area contributed by atoms with E-state index in [0.717, 1.165) is 11.4 Å². The average Bonchev–Trinajstić information content (AvgIpc) is 2.53. The van der Waals surface area contributed by atoms with Crippen LogP contribution in [0.4, 0.5) is 11.5 Å². The van der Waals surface area contributed by atoms with Gasteiger partial charge in [0.2, 0.25) is 5.91 Å². The van der Waals surface area contributed by atoms with Gasteiger partial charge in [-0.15, -0.1) is 0 Å². The highest BCUT2D eigenvalue weighted by molar-refractivity contribution is 5.88. The van der Waals surface area contributed by atoms with Gasteiger partial charge in [-0.25, -0.2) is 4.98 Å². The Morgan fingerprint density at radius 2 is 1.91 bits per heavy atom. The van der Waals surface area contributed by atoms with E-state index < -0.39 is 0 Å². The van der Waals surface area contributed by atoms with Crippen molar-refractivity contribution in [1.82, 2.24) is 4.98 Å². The molecule has 0 aliphatic rings. The second-order valence-corrected chi connectivity index (χ2v) is 4.66. The van der Waals surface area contributed by atoms with E-state index in [4.69, 9.17) is 9.47 Å². The third-order valence-corrected chi connectivity index (χ3v) is 3.01. The monoisotopic (exact) mass is 301 g/mol. The standard InChI is InChI=1S/C16H19N3O3/c1-11(20)19-13-5-7-16(18-10-13)17-9-12-4-6-14(21-2)15(8-12)22-3/h4-8,10H,9H2,1-3H3,(H,17,18)(H,19,20). The first-order valence-electron chi connectivity index (χ1n) is 6.81. The summed E-state index contributed by atoms with van der Waals surface area (Å²) in [5.41, 5.74) is 1.72. The van der Waals surface area contributed by atoms with E-state index in [2.05, 4.69) is 15.6 Å². The number of hydrogen-bond donors (Lipinski definition) is 2. The number of nitrogens with one attached hydrogen (secondary N) is 2. The van der Waals surface area contributed by atoms with Crippen LogP contribution in [0.5, 0.6) is 11.5 Å². The number of methoxy groups -OCH3 is 2. The number of benzene rings is 1. The highest BCUT2D eigenvalue weighted by Gasteiger charge is 2.04. The second kappa shape index (κ2) is 7.31. The molecule has 0 radical (unpaired) electrons. The first-order valence-corrected chi connectivity index (χ1v) is 6.81. The van der Waals surface area contributed by atoms with Crippen molar-refractivity contribution in [2.45, 2.75) is 13.5 Å². The molecule has 6 heteroatoms. The predicted molar refractivity (Wildman–Crippen MR) is 85.4 cm³/mol. The Labute approximate surface area is 129 Å². The molecule has 2 aromatic rings. The maximum atomic E-state index is 10.9. The number of carbonyl (C=O) groups excluding carboxylic acids is 1. The summed E-state index contributed by atoms with van der Waals surface area (Å²) in [5, 5.41) is 5.88. The van der Waals surface area contributed by atoms with E-state index in [-0.39, 0.29) is 5.91 Å². The number of carbonyl (C=O) groups is 1. The predicted octanol–water partition coefficient (Wildman–Crippen LogP) is 2.67. The van der Waals surface area contributed by atoms with Gasteiger partial charge in [0.15, 0.2) is 11.5 Å². The van der Waals surface area contributed by atoms with Crippen molar-refractivity contribution in [3.8, 4) is 11.5 Å². The molecule has 6 nitrogen and oxygen atoms in total. The average molecular weight is 301 g/mol. The van der Waals surface area contributed by atoms with Crippen molar-refractivity contribution in [2.24, 2.45) is 0 Å². The van der Waals surface area contributed by atoms with Crippen LogP contribution in [0.15, 0.2) is 36.5 Å². The number of amides is 1. The normalized spacial score (nSPS) is 9.95. The summed E-state index contributed by atoms with van der Waals surface area (Å²) in [6, 6.07) is 9.35. The molecule has 1 aromatic heterocycles. The molecule has 1 amide bonds. The van der Waals surface area contributed by atoms with E-state index >= 15 is 0 Å². The zero-order valence-electron chi connectivity index (χ0n) is 12.8. The largest absolute Gasteiger partial charge is 0.493 e. The van der Waals surface area contributed by atoms with Crippen LogP contribution in [0.3, 0.4) is 0 Å². The summed E-state index contributed by atoms with van der Waals surface area (Å²) in [7, 11) is 3.22. The molecule has 0 atom stereocenters. The van der Waals surface area contributed by atoms with Gasteiger partial charge in [0.1, 0.15) is 5.82 Å². The summed E-state index contributed by atoms with van der Waals surface area (Å²) in [5.74, 6) is 2.00. The molecule has 0 saturated carbocycles. The molecule has 2 rings (SSSR count). The fraction of sp³-hybridized carbons (Fsp3) is 0.250. The van der Waals surface area contributed by atoms with Crippen LogP contribution in [-0.2, 0) is 11.3 Å². The summed E-state index contributed by atoms with van der Waals surface area (Å²) in [6.45, 7) is 2.07. The van der Waals surface area contributed by atoms with Crippen LogP contribution < -0.4 is 20.1 Å². The third-order valence-electron chi connectivity index (χ3n) is 3.01. The van der Waals surface area contributed by atoms with Crippen molar-refractivity contribution < 1.29 is 14.3 Å². The molecule has 116 valence electrons. The summed E-state index contributed by atoms with van der Waals surface area (Å²) >= 11 is 0. The zero-order chi connectivity index (χ0) is 15.9. The lowest BCUT2D eigenvalue weighted by atomic mass is 10.2. The molecule has 0 saturated heterocycles. The fourth-order valence-corrected chi connectivity index (χ4v) is 1.96. The molecular weight excluding hydrogens is 282 g/mol. The van der Waals surface area contributed by atoms with Gasteiger partial charge in [-0.3, -0.25) is 4.79 Å². The molecule has 0 unspecified atom stereocenters. The Morgan fingerprint density at radius 3 is 2.50 bits per heavy atom. The second-order valence-electron chi connectivity index (χ2n) is 4.66. The minimum absolute atomic E-state index is 0.118. The zero-order valence-corrected chi connectivity index (χ0v) is 12.8. The van der Waals surface area contributed by atoms with E-state index in [1.165, 1.54) is 6.92 Å². The summed E-state index contributed by atoms with van der Waals surface area (Å²) in [6.07, 6.45) is 1.61. The maximum Gasteiger partial charge on any atom is 0.221 e. The van der Waals surface area contributed by atoms with Gasteiger partial charge < -0.3 is 20.1 Å². The van der Waals surface area contributed by atoms with Crippen LogP contribution in [0.1, 0.15) is 12.5 Å². The number of nitrogens with zero attached hydrogens (tertiary/aromatic N) is 1. The van der Waals surface area contributed by atoms with Gasteiger partial charge in [-0.1, -0.05) is 6.07 Å². The smallest absolute Gasteiger partial charge is 0.221 e. The molecule has 0 spiro atoms. The Morgan fingerprint density at radius 1 is 1.14 bits per heavy atom. The van der Waals surface area contributed by atoms with E-state index in [9.17, 15) is 4.79 Å². The number of rotatable bonds is 6. The highest BCUT2D eigenvalue weighted by atomic mass is 16.5. The topological polar surface area (TPSA) is 72.5 Å². The first kappa shape index (κ1) is 15.6. The number of anilines is 2. The van der Waals surface area contributed by atoms with Gasteiger partial charge in [-0.2, -0.15) is 0 Å². The Bertz CT molecular complexity index is 642. The first-order chi connectivity index (χ1) is 10.6. The van der Waals surface area contributed by atoms with Crippen molar-refractivity contribution in [2.75, 3.05) is 24.9 Å². The number of aromatic nitrogens is 1. The van der Waals surface area contributed by atoms with Crippen LogP contribution in [0.2, 0.25) is 0 Å². The number of ether oxygens (including phenoxy) is 2. The molecule has 0 bridgehead atoms. The van der Waals surface area contributed by atoms with Gasteiger partial charge in [-0.05, 0) is 29.8 Å². The minimum Gasteiger partial charge on any atom is -0.493 e. The molecular formula is C16H19N3O3. The van der Waals surface area contributed by atoms with Crippen LogP contribution in [0.25, 0.3) is 0 Å². The summed E-state index contributed by atoms with van der Waals surface area (Å²) < 4.78 is 10.5. The van der Waals surface area contributed by atoms with Gasteiger partial charge in [0, 0.05) is 13.5 Å². The summed E-state index contributed by atoms with van der Waals surface area (Å²) in [4.78, 5) is 15.2. The highest BCUT2D eigenvalue weighted by Crippen LogP contribution is 2.27. The molecule has 2 N–H and O–H groups in total. The van der Waals surface area contributed by atoms with Crippen molar-refractivity contribution in [3.63, 3.8) is 0 Å². The molecule has 22 heavy (non-hydrogen) atoms. The van der Waals surface area contributed by atoms with Crippen LogP contribution in [0, 0.1) is 0 Å². The lowest BCUT2D eigenvalue weighted by molar-refractivity contribution is -0.114. The maximum absolute atomic E-state index is 10.9. The van der Waals surface area contributed by atoms with E-state index in [0.29, 0.717) is 23.7 Å². The van der Waals surface area contributed by atoms with Crippen LogP contribution >= 0.6 is 0 Å². The third kappa shape index (κ3) is 4.12. The fourth-order valence-electron chi connectivity index (χ4n) is 1.96. The molecule has 0 fully saturated rings. The Kier molecular flexibility index (Phi) is 5.19. The number of hydrogen-bond acceptors (Lipinski definition) is 5. The van der Waals surface area contributed by atoms with Gasteiger partial charge >= 0.3 is 0 Å². The van der Waals surface area contributed by atoms with E-state index in [1.807, 2.05) is 24.3 Å². The van der Waals surface area contributed by atoms with Crippen LogP contribution in [-0.4, -0.2) is 25.1 Å². The van der Waals surface area contributed by atoms with E-state index in [1.54, 1.807) is 26.5 Å². The van der Waals surface area contributed by atoms with Crippen molar-refractivity contribution in [1.29, 1.82) is 0 Å². The molecule has 1 aromatic carbocycles. The van der Waals surface area contributed by atoms with Crippen molar-refractivity contribution in [3.05, 3.63) is 42.1 Å². The SMILES string of the molecule is COc1ccc(CNc2ccc(NC(C)=O)cn2)cc1OC. The van der Waals surface area contributed by atoms with Gasteiger partial charge in [0.25, 0.3) is 0 Å². The molecule has 0 aliphatic carbocycles. The minimum atomic E-state index is -0.118. The number of pyridine rings is 1. The quantitative estimate of drug-likeness (QED) is 0.858. The van der Waals surface area contributed by atoms with Gasteiger partial charge in [0.05, 0.1) is 26.1 Å². The lowest BCUT2D eigenvalue weighted by Crippen LogP contribution is -2.07.